The molecule has 0 spiro atoms. The molecule has 426 valence electrons. The van der Waals surface area contributed by atoms with Gasteiger partial charge in [-0.2, -0.15) is 0 Å². The summed E-state index contributed by atoms with van der Waals surface area (Å²) in [7, 11) is 0. The van der Waals surface area contributed by atoms with Gasteiger partial charge in [0.05, 0.1) is 0 Å². The minimum Gasteiger partial charge on any atom is -0.462 e. The number of hydrogen-bond donors (Lipinski definition) is 0. The van der Waals surface area contributed by atoms with Crippen molar-refractivity contribution in [2.75, 3.05) is 13.2 Å². The summed E-state index contributed by atoms with van der Waals surface area (Å²) < 4.78 is 16.8. The van der Waals surface area contributed by atoms with Crippen LogP contribution in [0.2, 0.25) is 0 Å². The Hall–Kier alpha value is -3.41. The second kappa shape index (κ2) is 62.1. The number of unbranched alkanes of at least 4 members (excludes halogenated alkanes) is 32. The SMILES string of the molecule is CC/C=C\C/C=C\C/C=C\C/C=C\C/C=C\CCCC(=O)OC(COC(=O)CCCCCCC/C=C\C/C=C\CCC)COC(=O)CCCCCCCCCCCCCCCCCCCCCCCCCCCC. The van der Waals surface area contributed by atoms with Gasteiger partial charge in [0.15, 0.2) is 6.10 Å². The number of hydrogen-bond acceptors (Lipinski definition) is 6. The lowest BCUT2D eigenvalue weighted by atomic mass is 10.0. The molecule has 0 amide bonds. The third-order valence-corrected chi connectivity index (χ3v) is 13.6. The van der Waals surface area contributed by atoms with Gasteiger partial charge >= 0.3 is 17.9 Å². The smallest absolute Gasteiger partial charge is 0.306 e. The topological polar surface area (TPSA) is 78.9 Å². The molecule has 0 aromatic rings. The Labute approximate surface area is 458 Å². The molecule has 0 rings (SSSR count). The van der Waals surface area contributed by atoms with Crippen LogP contribution in [0.1, 0.15) is 310 Å². The van der Waals surface area contributed by atoms with E-state index in [0.29, 0.717) is 19.3 Å². The highest BCUT2D eigenvalue weighted by atomic mass is 16.6. The van der Waals surface area contributed by atoms with Crippen molar-refractivity contribution < 1.29 is 28.6 Å². The summed E-state index contributed by atoms with van der Waals surface area (Å²) in [5, 5.41) is 0. The van der Waals surface area contributed by atoms with Crippen molar-refractivity contribution in [1.29, 1.82) is 0 Å². The molecule has 1 unspecified atom stereocenters. The van der Waals surface area contributed by atoms with Gasteiger partial charge in [-0.1, -0.05) is 292 Å². The maximum atomic E-state index is 12.9. The van der Waals surface area contributed by atoms with Crippen LogP contribution in [0.4, 0.5) is 0 Å². The Bertz CT molecular complexity index is 1420. The van der Waals surface area contributed by atoms with E-state index in [1.165, 1.54) is 154 Å². The first-order valence-corrected chi connectivity index (χ1v) is 31.6. The Morgan fingerprint density at radius 2 is 0.568 bits per heavy atom. The number of ether oxygens (including phenoxy) is 3. The summed E-state index contributed by atoms with van der Waals surface area (Å²) in [6.07, 6.45) is 81.8. The number of allylic oxidation sites excluding steroid dienone is 14. The summed E-state index contributed by atoms with van der Waals surface area (Å²) in [5.41, 5.74) is 0. The van der Waals surface area contributed by atoms with Crippen LogP contribution in [-0.2, 0) is 28.6 Å². The van der Waals surface area contributed by atoms with Gasteiger partial charge in [-0.25, -0.2) is 0 Å². The summed E-state index contributed by atoms with van der Waals surface area (Å²) in [6, 6.07) is 0. The summed E-state index contributed by atoms with van der Waals surface area (Å²) in [6.45, 7) is 6.43. The molecule has 1 atom stereocenters. The molecule has 0 aliphatic carbocycles. The Balaban J connectivity index is 4.31. The number of carbonyl (C=O) groups excluding carboxylic acids is 3. The molecule has 0 aromatic carbocycles. The van der Waals surface area contributed by atoms with Crippen molar-refractivity contribution >= 4 is 17.9 Å². The average Bonchev–Trinajstić information content (AvgIpc) is 3.40. The molecule has 0 fully saturated rings. The molecular formula is C68H118O6. The molecule has 0 aliphatic rings. The first-order chi connectivity index (χ1) is 36.5. The largest absolute Gasteiger partial charge is 0.462 e. The molecule has 0 aromatic heterocycles. The highest BCUT2D eigenvalue weighted by Gasteiger charge is 2.19. The second-order valence-corrected chi connectivity index (χ2v) is 20.9. The fraction of sp³-hybridized carbons (Fsp3) is 0.750. The minimum atomic E-state index is -0.812. The Morgan fingerprint density at radius 3 is 0.919 bits per heavy atom. The zero-order valence-corrected chi connectivity index (χ0v) is 48.8. The third-order valence-electron chi connectivity index (χ3n) is 13.6. The zero-order valence-electron chi connectivity index (χ0n) is 48.8. The first kappa shape index (κ1) is 70.6. The predicted octanol–water partition coefficient (Wildman–Crippen LogP) is 21.5. The molecule has 6 nitrogen and oxygen atoms in total. The minimum absolute atomic E-state index is 0.102. The van der Waals surface area contributed by atoms with E-state index < -0.39 is 6.10 Å². The molecule has 74 heavy (non-hydrogen) atoms. The first-order valence-electron chi connectivity index (χ1n) is 31.6. The van der Waals surface area contributed by atoms with Crippen molar-refractivity contribution in [1.82, 2.24) is 0 Å². The van der Waals surface area contributed by atoms with Crippen LogP contribution in [0, 0.1) is 0 Å². The maximum Gasteiger partial charge on any atom is 0.306 e. The molecule has 0 saturated carbocycles. The van der Waals surface area contributed by atoms with Crippen LogP contribution in [0.15, 0.2) is 85.1 Å². The molecule has 0 radical (unpaired) electrons. The fourth-order valence-electron chi connectivity index (χ4n) is 8.93. The third kappa shape index (κ3) is 59.5. The van der Waals surface area contributed by atoms with E-state index in [0.717, 1.165) is 109 Å². The Kier molecular flexibility index (Phi) is 59.3. The van der Waals surface area contributed by atoms with Crippen LogP contribution in [-0.4, -0.2) is 37.2 Å². The fourth-order valence-corrected chi connectivity index (χ4v) is 8.93. The summed E-state index contributed by atoms with van der Waals surface area (Å²) in [4.78, 5) is 38.2. The number of rotatable bonds is 57. The van der Waals surface area contributed by atoms with E-state index in [2.05, 4.69) is 106 Å². The van der Waals surface area contributed by atoms with E-state index in [9.17, 15) is 14.4 Å². The van der Waals surface area contributed by atoms with E-state index in [1.54, 1.807) is 0 Å². The zero-order chi connectivity index (χ0) is 53.6. The lowest BCUT2D eigenvalue weighted by Gasteiger charge is -2.18. The van der Waals surface area contributed by atoms with Crippen molar-refractivity contribution in [3.63, 3.8) is 0 Å². The van der Waals surface area contributed by atoms with Crippen molar-refractivity contribution in [2.45, 2.75) is 316 Å². The van der Waals surface area contributed by atoms with E-state index >= 15 is 0 Å². The highest BCUT2D eigenvalue weighted by molar-refractivity contribution is 5.71. The second-order valence-electron chi connectivity index (χ2n) is 20.9. The van der Waals surface area contributed by atoms with Crippen LogP contribution >= 0.6 is 0 Å². The molecular weight excluding hydrogens is 913 g/mol. The number of carbonyl (C=O) groups is 3. The standard InChI is InChI=1S/C68H118O6/c1-4-7-10-13-16-19-22-25-27-29-30-31-32-33-34-35-36-37-39-40-43-46-49-52-55-58-61-67(70)73-64-65(63-72-66(69)60-57-54-51-48-45-42-24-21-18-15-12-9-6-3)74-68(71)62-59-56-53-50-47-44-41-38-28-26-23-20-17-14-11-8-5-2/h8,11-12,15,17,20-21,24,26,28,41,44,50,53,65H,4-7,9-10,13-14,16,18-19,22-23,25,27,29-40,42-43,45-49,51-52,54-64H2,1-3H3/b11-8-,15-12-,20-17-,24-21-,28-26-,44-41-,53-50-. The molecule has 0 aliphatic heterocycles. The molecule has 0 heterocycles. The van der Waals surface area contributed by atoms with Gasteiger partial charge in [0.1, 0.15) is 13.2 Å². The molecule has 0 saturated heterocycles. The van der Waals surface area contributed by atoms with Crippen LogP contribution in [0.3, 0.4) is 0 Å². The molecule has 0 N–H and O–H groups in total. The van der Waals surface area contributed by atoms with E-state index in [-0.39, 0.29) is 37.5 Å². The lowest BCUT2D eigenvalue weighted by molar-refractivity contribution is -0.167. The molecule has 0 bridgehead atoms. The van der Waals surface area contributed by atoms with Gasteiger partial charge in [0, 0.05) is 19.3 Å². The van der Waals surface area contributed by atoms with Gasteiger partial charge in [0.25, 0.3) is 0 Å². The van der Waals surface area contributed by atoms with Crippen molar-refractivity contribution in [2.24, 2.45) is 0 Å². The van der Waals surface area contributed by atoms with Gasteiger partial charge in [-0.3, -0.25) is 14.4 Å². The van der Waals surface area contributed by atoms with Crippen molar-refractivity contribution in [3.05, 3.63) is 85.1 Å². The van der Waals surface area contributed by atoms with Crippen molar-refractivity contribution in [3.8, 4) is 0 Å². The highest BCUT2D eigenvalue weighted by Crippen LogP contribution is 2.17. The van der Waals surface area contributed by atoms with E-state index in [4.69, 9.17) is 14.2 Å². The quantitative estimate of drug-likeness (QED) is 0.0261. The molecule has 6 heteroatoms. The van der Waals surface area contributed by atoms with Gasteiger partial charge in [-0.15, -0.1) is 0 Å². The monoisotopic (exact) mass is 1030 g/mol. The Morgan fingerprint density at radius 1 is 0.284 bits per heavy atom. The summed E-state index contributed by atoms with van der Waals surface area (Å²) >= 11 is 0. The maximum absolute atomic E-state index is 12.9. The van der Waals surface area contributed by atoms with Gasteiger partial charge < -0.3 is 14.2 Å². The normalized spacial score (nSPS) is 12.6. The van der Waals surface area contributed by atoms with Gasteiger partial charge in [0.2, 0.25) is 0 Å². The average molecular weight is 1030 g/mol. The van der Waals surface area contributed by atoms with Gasteiger partial charge in [-0.05, 0) is 83.5 Å². The van der Waals surface area contributed by atoms with Crippen LogP contribution < -0.4 is 0 Å². The van der Waals surface area contributed by atoms with Crippen LogP contribution in [0.5, 0.6) is 0 Å². The lowest BCUT2D eigenvalue weighted by Crippen LogP contribution is -2.30. The predicted molar refractivity (Wildman–Crippen MR) is 321 cm³/mol. The summed E-state index contributed by atoms with van der Waals surface area (Å²) in [5.74, 6) is -0.965. The number of esters is 3. The van der Waals surface area contributed by atoms with Crippen LogP contribution in [0.25, 0.3) is 0 Å². The van der Waals surface area contributed by atoms with E-state index in [1.807, 2.05) is 0 Å².